The SMILES string of the molecule is CN1CCNCC1.O=C(O)c1ccncc1. The van der Waals surface area contributed by atoms with Crippen molar-refractivity contribution in [3.05, 3.63) is 30.1 Å². The molecule has 2 rings (SSSR count). The third-order valence-electron chi connectivity index (χ3n) is 2.27. The number of nitrogens with one attached hydrogen (secondary N) is 1. The van der Waals surface area contributed by atoms with E-state index in [1.54, 1.807) is 0 Å². The van der Waals surface area contributed by atoms with Crippen molar-refractivity contribution in [1.29, 1.82) is 0 Å². The van der Waals surface area contributed by atoms with Gasteiger partial charge in [0.15, 0.2) is 0 Å². The number of nitrogens with zero attached hydrogens (tertiary/aromatic N) is 2. The second-order valence-electron chi connectivity index (χ2n) is 3.59. The fourth-order valence-electron chi connectivity index (χ4n) is 1.27. The van der Waals surface area contributed by atoms with E-state index in [-0.39, 0.29) is 5.56 Å². The summed E-state index contributed by atoms with van der Waals surface area (Å²) in [4.78, 5) is 16.2. The average Bonchev–Trinajstić information content (AvgIpc) is 2.32. The quantitative estimate of drug-likeness (QED) is 0.717. The normalized spacial score (nSPS) is 16.1. The lowest BCUT2D eigenvalue weighted by Crippen LogP contribution is -2.40. The van der Waals surface area contributed by atoms with Gasteiger partial charge in [-0.15, -0.1) is 0 Å². The van der Waals surface area contributed by atoms with Crippen LogP contribution in [0.15, 0.2) is 24.5 Å². The number of aromatic carboxylic acids is 1. The van der Waals surface area contributed by atoms with Crippen LogP contribution in [0.2, 0.25) is 0 Å². The number of carbonyl (C=O) groups is 1. The van der Waals surface area contributed by atoms with Crippen LogP contribution in [0, 0.1) is 0 Å². The zero-order chi connectivity index (χ0) is 11.8. The van der Waals surface area contributed by atoms with Crippen molar-refractivity contribution in [3.8, 4) is 0 Å². The first kappa shape index (κ1) is 12.6. The number of aromatic nitrogens is 1. The van der Waals surface area contributed by atoms with E-state index in [4.69, 9.17) is 5.11 Å². The summed E-state index contributed by atoms with van der Waals surface area (Å²) in [6, 6.07) is 2.89. The second-order valence-corrected chi connectivity index (χ2v) is 3.59. The highest BCUT2D eigenvalue weighted by Gasteiger charge is 2.01. The molecule has 1 fully saturated rings. The van der Waals surface area contributed by atoms with Gasteiger partial charge in [0.05, 0.1) is 5.56 Å². The number of piperazine rings is 1. The van der Waals surface area contributed by atoms with Crippen molar-refractivity contribution in [2.45, 2.75) is 0 Å². The summed E-state index contributed by atoms with van der Waals surface area (Å²) in [5.41, 5.74) is 0.269. The van der Waals surface area contributed by atoms with Gasteiger partial charge in [0.1, 0.15) is 0 Å². The van der Waals surface area contributed by atoms with E-state index in [9.17, 15) is 4.79 Å². The molecule has 0 radical (unpaired) electrons. The minimum absolute atomic E-state index is 0.269. The summed E-state index contributed by atoms with van der Waals surface area (Å²) in [5.74, 6) is -0.919. The number of rotatable bonds is 1. The Morgan fingerprint density at radius 2 is 1.94 bits per heavy atom. The molecule has 16 heavy (non-hydrogen) atoms. The van der Waals surface area contributed by atoms with Crippen LogP contribution in [0.3, 0.4) is 0 Å². The molecule has 2 heterocycles. The fourth-order valence-corrected chi connectivity index (χ4v) is 1.27. The highest BCUT2D eigenvalue weighted by molar-refractivity contribution is 5.87. The maximum absolute atomic E-state index is 10.2. The third kappa shape index (κ3) is 4.86. The molecule has 1 aromatic heterocycles. The lowest BCUT2D eigenvalue weighted by atomic mass is 10.3. The predicted octanol–water partition coefficient (Wildman–Crippen LogP) is 0.301. The van der Waals surface area contributed by atoms with Crippen molar-refractivity contribution < 1.29 is 9.90 Å². The molecule has 0 unspecified atom stereocenters. The molecule has 1 saturated heterocycles. The van der Waals surface area contributed by atoms with Crippen molar-refractivity contribution in [3.63, 3.8) is 0 Å². The van der Waals surface area contributed by atoms with Crippen molar-refractivity contribution in [2.75, 3.05) is 33.2 Å². The van der Waals surface area contributed by atoms with Gasteiger partial charge in [-0.3, -0.25) is 4.98 Å². The van der Waals surface area contributed by atoms with Gasteiger partial charge in [-0.25, -0.2) is 4.79 Å². The minimum Gasteiger partial charge on any atom is -0.478 e. The zero-order valence-corrected chi connectivity index (χ0v) is 9.39. The number of likely N-dealkylation sites (N-methyl/N-ethyl adjacent to an activating group) is 1. The molecule has 5 heteroatoms. The topological polar surface area (TPSA) is 65.5 Å². The second kappa shape index (κ2) is 6.92. The Morgan fingerprint density at radius 1 is 1.38 bits per heavy atom. The van der Waals surface area contributed by atoms with E-state index in [1.165, 1.54) is 37.6 Å². The highest BCUT2D eigenvalue weighted by atomic mass is 16.4. The molecule has 0 bridgehead atoms. The van der Waals surface area contributed by atoms with Crippen LogP contribution in [0.25, 0.3) is 0 Å². The Balaban J connectivity index is 0.000000165. The van der Waals surface area contributed by atoms with Gasteiger partial charge >= 0.3 is 5.97 Å². The molecule has 0 saturated carbocycles. The van der Waals surface area contributed by atoms with E-state index in [0.717, 1.165) is 13.1 Å². The Kier molecular flexibility index (Phi) is 5.45. The molecule has 1 aliphatic rings. The Bertz CT molecular complexity index is 310. The summed E-state index contributed by atoms with van der Waals surface area (Å²) in [6.07, 6.45) is 2.90. The summed E-state index contributed by atoms with van der Waals surface area (Å²) < 4.78 is 0. The molecule has 2 N–H and O–H groups in total. The number of hydrogen-bond donors (Lipinski definition) is 2. The van der Waals surface area contributed by atoms with E-state index < -0.39 is 5.97 Å². The number of pyridine rings is 1. The van der Waals surface area contributed by atoms with E-state index in [2.05, 4.69) is 22.2 Å². The monoisotopic (exact) mass is 223 g/mol. The van der Waals surface area contributed by atoms with Gasteiger partial charge in [0, 0.05) is 38.6 Å². The maximum atomic E-state index is 10.2. The van der Waals surface area contributed by atoms with Crippen LogP contribution >= 0.6 is 0 Å². The number of hydrogen-bond acceptors (Lipinski definition) is 4. The fraction of sp³-hybridized carbons (Fsp3) is 0.455. The first-order valence-electron chi connectivity index (χ1n) is 5.22. The molecule has 1 aliphatic heterocycles. The first-order chi connectivity index (χ1) is 7.70. The molecule has 88 valence electrons. The molecule has 1 aromatic rings. The Morgan fingerprint density at radius 3 is 2.25 bits per heavy atom. The molecule has 0 aromatic carbocycles. The van der Waals surface area contributed by atoms with Crippen LogP contribution in [0.4, 0.5) is 0 Å². The molecule has 0 spiro atoms. The Hall–Kier alpha value is -1.46. The van der Waals surface area contributed by atoms with Crippen LogP contribution in [0.5, 0.6) is 0 Å². The van der Waals surface area contributed by atoms with Crippen LogP contribution in [-0.2, 0) is 0 Å². The van der Waals surface area contributed by atoms with E-state index in [0.29, 0.717) is 0 Å². The van der Waals surface area contributed by atoms with Crippen LogP contribution < -0.4 is 5.32 Å². The molecular weight excluding hydrogens is 206 g/mol. The molecule has 5 nitrogen and oxygen atoms in total. The van der Waals surface area contributed by atoms with E-state index >= 15 is 0 Å². The van der Waals surface area contributed by atoms with Gasteiger partial charge in [-0.1, -0.05) is 0 Å². The lowest BCUT2D eigenvalue weighted by Gasteiger charge is -2.21. The summed E-state index contributed by atoms with van der Waals surface area (Å²) >= 11 is 0. The summed E-state index contributed by atoms with van der Waals surface area (Å²) in [6.45, 7) is 4.74. The largest absolute Gasteiger partial charge is 0.478 e. The van der Waals surface area contributed by atoms with Gasteiger partial charge in [0.2, 0.25) is 0 Å². The number of carboxylic acid groups (broad SMARTS) is 1. The van der Waals surface area contributed by atoms with Crippen LogP contribution in [-0.4, -0.2) is 54.2 Å². The lowest BCUT2D eigenvalue weighted by molar-refractivity contribution is 0.0697. The van der Waals surface area contributed by atoms with Crippen LogP contribution in [0.1, 0.15) is 10.4 Å². The summed E-state index contributed by atoms with van der Waals surface area (Å²) in [5, 5.41) is 11.6. The van der Waals surface area contributed by atoms with Gasteiger partial charge in [-0.2, -0.15) is 0 Å². The van der Waals surface area contributed by atoms with Gasteiger partial charge in [0.25, 0.3) is 0 Å². The average molecular weight is 223 g/mol. The van der Waals surface area contributed by atoms with Gasteiger partial charge < -0.3 is 15.3 Å². The standard InChI is InChI=1S/C6H5NO2.C5H12N2/c8-6(9)5-1-3-7-4-2-5;1-7-4-2-6-3-5-7/h1-4H,(H,8,9);6H,2-5H2,1H3. The van der Waals surface area contributed by atoms with Gasteiger partial charge in [-0.05, 0) is 19.2 Å². The maximum Gasteiger partial charge on any atom is 0.335 e. The zero-order valence-electron chi connectivity index (χ0n) is 9.39. The van der Waals surface area contributed by atoms with Crippen molar-refractivity contribution in [1.82, 2.24) is 15.2 Å². The van der Waals surface area contributed by atoms with Crippen molar-refractivity contribution >= 4 is 5.97 Å². The summed E-state index contributed by atoms with van der Waals surface area (Å²) in [7, 11) is 2.15. The third-order valence-corrected chi connectivity index (χ3v) is 2.27. The minimum atomic E-state index is -0.919. The first-order valence-corrected chi connectivity index (χ1v) is 5.22. The molecule has 0 amide bonds. The number of carboxylic acids is 1. The molecule has 0 atom stereocenters. The smallest absolute Gasteiger partial charge is 0.335 e. The van der Waals surface area contributed by atoms with Crippen molar-refractivity contribution in [2.24, 2.45) is 0 Å². The molecular formula is C11H17N3O2. The highest BCUT2D eigenvalue weighted by Crippen LogP contribution is 1.93. The molecule has 0 aliphatic carbocycles. The van der Waals surface area contributed by atoms with E-state index in [1.807, 2.05) is 0 Å². The predicted molar refractivity (Wildman–Crippen MR) is 61.6 cm³/mol. The Labute approximate surface area is 95.1 Å².